The van der Waals surface area contributed by atoms with Crippen LogP contribution in [-0.2, 0) is 4.74 Å². The summed E-state index contributed by atoms with van der Waals surface area (Å²) in [6.45, 7) is 6.08. The molecule has 2 heterocycles. The zero-order valence-electron chi connectivity index (χ0n) is 16.3. The number of likely N-dealkylation sites (N-methyl/N-ethyl adjacent to an activating group) is 1. The zero-order valence-corrected chi connectivity index (χ0v) is 17.1. The Morgan fingerprint density at radius 1 is 1.39 bits per heavy atom. The van der Waals surface area contributed by atoms with E-state index in [1.807, 2.05) is 12.1 Å². The summed E-state index contributed by atoms with van der Waals surface area (Å²) < 4.78 is 10.6. The van der Waals surface area contributed by atoms with Crippen molar-refractivity contribution < 1.29 is 14.1 Å². The van der Waals surface area contributed by atoms with Crippen LogP contribution in [0, 0.1) is 0 Å². The highest BCUT2D eigenvalue weighted by Crippen LogP contribution is 2.30. The van der Waals surface area contributed by atoms with Crippen molar-refractivity contribution in [1.82, 2.24) is 15.4 Å². The summed E-state index contributed by atoms with van der Waals surface area (Å²) in [6, 6.07) is 7.27. The van der Waals surface area contributed by atoms with E-state index >= 15 is 0 Å². The minimum Gasteiger partial charge on any atom is -0.383 e. The molecule has 0 radical (unpaired) electrons. The normalized spacial score (nSPS) is 17.5. The maximum atomic E-state index is 13.2. The molecule has 1 amide bonds. The lowest BCUT2D eigenvalue weighted by molar-refractivity contribution is 0.0906. The van der Waals surface area contributed by atoms with Gasteiger partial charge in [-0.1, -0.05) is 23.7 Å². The number of piperidine rings is 1. The Morgan fingerprint density at radius 2 is 2.18 bits per heavy atom. The highest BCUT2D eigenvalue weighted by molar-refractivity contribution is 6.30. The molecule has 0 bridgehead atoms. The van der Waals surface area contributed by atoms with Crippen molar-refractivity contribution in [3.63, 3.8) is 0 Å². The second kappa shape index (κ2) is 9.91. The van der Waals surface area contributed by atoms with Gasteiger partial charge in [0.2, 0.25) is 0 Å². The molecule has 0 aliphatic carbocycles. The SMILES string of the molecule is CCN1CCCC(NC(=O)c2c(NCCOC)noc2-c2ccc(Cl)cc2)C1. The van der Waals surface area contributed by atoms with E-state index in [4.69, 9.17) is 20.9 Å². The van der Waals surface area contributed by atoms with E-state index in [0.717, 1.165) is 38.0 Å². The third-order valence-electron chi connectivity index (χ3n) is 4.91. The van der Waals surface area contributed by atoms with Crippen molar-refractivity contribution >= 4 is 23.3 Å². The number of halogens is 1. The molecule has 1 atom stereocenters. The molecule has 0 spiro atoms. The average Bonchev–Trinajstić information content (AvgIpc) is 3.13. The predicted molar refractivity (Wildman–Crippen MR) is 110 cm³/mol. The molecule has 1 aliphatic rings. The second-order valence-corrected chi connectivity index (χ2v) is 7.30. The Bertz CT molecular complexity index is 778. The van der Waals surface area contributed by atoms with Gasteiger partial charge < -0.3 is 24.8 Å². The van der Waals surface area contributed by atoms with Gasteiger partial charge in [-0.2, -0.15) is 0 Å². The first-order chi connectivity index (χ1) is 13.6. The van der Waals surface area contributed by atoms with Crippen LogP contribution in [0.2, 0.25) is 5.02 Å². The van der Waals surface area contributed by atoms with Gasteiger partial charge in [0, 0.05) is 36.8 Å². The quantitative estimate of drug-likeness (QED) is 0.655. The van der Waals surface area contributed by atoms with E-state index in [-0.39, 0.29) is 11.9 Å². The van der Waals surface area contributed by atoms with E-state index in [1.54, 1.807) is 19.2 Å². The number of nitrogens with one attached hydrogen (secondary N) is 2. The third kappa shape index (κ3) is 5.04. The molecule has 1 aromatic heterocycles. The summed E-state index contributed by atoms with van der Waals surface area (Å²) in [4.78, 5) is 15.5. The van der Waals surface area contributed by atoms with Crippen molar-refractivity contribution in [2.75, 3.05) is 45.2 Å². The van der Waals surface area contributed by atoms with Crippen molar-refractivity contribution in [3.8, 4) is 11.3 Å². The van der Waals surface area contributed by atoms with Gasteiger partial charge in [-0.3, -0.25) is 4.79 Å². The van der Waals surface area contributed by atoms with Crippen LogP contribution in [0.1, 0.15) is 30.1 Å². The van der Waals surface area contributed by atoms with Gasteiger partial charge in [0.05, 0.1) is 6.61 Å². The first-order valence-corrected chi connectivity index (χ1v) is 10.0. The smallest absolute Gasteiger partial charge is 0.259 e. The molecule has 152 valence electrons. The third-order valence-corrected chi connectivity index (χ3v) is 5.16. The van der Waals surface area contributed by atoms with Crippen LogP contribution in [0.3, 0.4) is 0 Å². The summed E-state index contributed by atoms with van der Waals surface area (Å²) in [5.41, 5.74) is 1.16. The molecule has 1 saturated heterocycles. The van der Waals surface area contributed by atoms with E-state index in [1.165, 1.54) is 0 Å². The lowest BCUT2D eigenvalue weighted by atomic mass is 10.0. The van der Waals surface area contributed by atoms with Crippen LogP contribution >= 0.6 is 11.6 Å². The molecular weight excluding hydrogens is 380 g/mol. The van der Waals surface area contributed by atoms with Gasteiger partial charge >= 0.3 is 0 Å². The first-order valence-electron chi connectivity index (χ1n) is 9.64. The van der Waals surface area contributed by atoms with Crippen molar-refractivity contribution in [3.05, 3.63) is 34.9 Å². The number of hydrogen-bond donors (Lipinski definition) is 2. The number of carbonyl (C=O) groups excluding carboxylic acids is 1. The van der Waals surface area contributed by atoms with Gasteiger partial charge in [0.1, 0.15) is 5.56 Å². The number of likely N-dealkylation sites (tertiary alicyclic amines) is 1. The molecule has 3 rings (SSSR count). The molecule has 2 N–H and O–H groups in total. The van der Waals surface area contributed by atoms with Crippen LogP contribution in [0.15, 0.2) is 28.8 Å². The fourth-order valence-corrected chi connectivity index (χ4v) is 3.54. The Balaban J connectivity index is 1.83. The van der Waals surface area contributed by atoms with E-state index < -0.39 is 0 Å². The van der Waals surface area contributed by atoms with Crippen LogP contribution in [-0.4, -0.2) is 61.9 Å². The predicted octanol–water partition coefficient (Wildman–Crippen LogP) is 3.27. The molecular formula is C20H27ClN4O3. The summed E-state index contributed by atoms with van der Waals surface area (Å²) in [5, 5.41) is 11.0. The van der Waals surface area contributed by atoms with E-state index in [0.29, 0.717) is 35.3 Å². The molecule has 2 aromatic rings. The summed E-state index contributed by atoms with van der Waals surface area (Å²) in [6.07, 6.45) is 2.04. The van der Waals surface area contributed by atoms with Crippen LogP contribution in [0.25, 0.3) is 11.3 Å². The van der Waals surface area contributed by atoms with Gasteiger partial charge in [0.15, 0.2) is 11.6 Å². The fraction of sp³-hybridized carbons (Fsp3) is 0.500. The Labute approximate surface area is 170 Å². The van der Waals surface area contributed by atoms with Crippen molar-refractivity contribution in [1.29, 1.82) is 0 Å². The Morgan fingerprint density at radius 3 is 2.89 bits per heavy atom. The van der Waals surface area contributed by atoms with Gasteiger partial charge in [-0.15, -0.1) is 0 Å². The highest BCUT2D eigenvalue weighted by atomic mass is 35.5. The number of aromatic nitrogens is 1. The minimum absolute atomic E-state index is 0.112. The topological polar surface area (TPSA) is 79.6 Å². The minimum atomic E-state index is -0.186. The average molecular weight is 407 g/mol. The standard InChI is InChI=1S/C20H27ClN4O3/c1-3-25-11-4-5-16(13-25)23-20(26)17-18(14-6-8-15(21)9-7-14)28-24-19(17)22-10-12-27-2/h6-9,16H,3-5,10-13H2,1-2H3,(H,22,24)(H,23,26). The number of methoxy groups -OCH3 is 1. The maximum Gasteiger partial charge on any atom is 0.259 e. The molecule has 1 unspecified atom stereocenters. The molecule has 1 aromatic carbocycles. The number of carbonyl (C=O) groups is 1. The van der Waals surface area contributed by atoms with Crippen molar-refractivity contribution in [2.24, 2.45) is 0 Å². The number of amides is 1. The molecule has 28 heavy (non-hydrogen) atoms. The monoisotopic (exact) mass is 406 g/mol. The number of hydrogen-bond acceptors (Lipinski definition) is 6. The summed E-state index contributed by atoms with van der Waals surface area (Å²) >= 11 is 5.99. The lowest BCUT2D eigenvalue weighted by Crippen LogP contribution is -2.47. The van der Waals surface area contributed by atoms with E-state index in [2.05, 4.69) is 27.6 Å². The summed E-state index contributed by atoms with van der Waals surface area (Å²) in [7, 11) is 1.62. The van der Waals surface area contributed by atoms with Crippen LogP contribution < -0.4 is 10.6 Å². The molecule has 1 aliphatic heterocycles. The van der Waals surface area contributed by atoms with Crippen LogP contribution in [0.4, 0.5) is 5.82 Å². The lowest BCUT2D eigenvalue weighted by Gasteiger charge is -2.32. The van der Waals surface area contributed by atoms with Gasteiger partial charge in [0.25, 0.3) is 5.91 Å². The maximum absolute atomic E-state index is 13.2. The fourth-order valence-electron chi connectivity index (χ4n) is 3.41. The van der Waals surface area contributed by atoms with E-state index in [9.17, 15) is 4.79 Å². The number of nitrogens with zero attached hydrogens (tertiary/aromatic N) is 2. The Kier molecular flexibility index (Phi) is 7.30. The molecule has 0 saturated carbocycles. The summed E-state index contributed by atoms with van der Waals surface area (Å²) in [5.74, 6) is 0.661. The number of anilines is 1. The zero-order chi connectivity index (χ0) is 19.9. The number of benzene rings is 1. The van der Waals surface area contributed by atoms with Crippen molar-refractivity contribution in [2.45, 2.75) is 25.8 Å². The largest absolute Gasteiger partial charge is 0.383 e. The first kappa shape index (κ1) is 20.6. The molecule has 1 fully saturated rings. The second-order valence-electron chi connectivity index (χ2n) is 6.87. The van der Waals surface area contributed by atoms with Crippen LogP contribution in [0.5, 0.6) is 0 Å². The van der Waals surface area contributed by atoms with Gasteiger partial charge in [-0.05, 0) is 50.2 Å². The molecule has 8 heteroatoms. The van der Waals surface area contributed by atoms with Gasteiger partial charge in [-0.25, -0.2) is 0 Å². The number of ether oxygens (including phenoxy) is 1. The number of rotatable bonds is 8. The Hall–Kier alpha value is -2.09. The highest BCUT2D eigenvalue weighted by Gasteiger charge is 2.27. The molecule has 7 nitrogen and oxygen atoms in total.